The van der Waals surface area contributed by atoms with Crippen molar-refractivity contribution < 1.29 is 19.4 Å². The van der Waals surface area contributed by atoms with Crippen molar-refractivity contribution in [3.8, 4) is 11.5 Å². The van der Waals surface area contributed by atoms with Crippen molar-refractivity contribution in [3.05, 3.63) is 53.1 Å². The van der Waals surface area contributed by atoms with Crippen LogP contribution in [0.3, 0.4) is 0 Å². The molecule has 1 fully saturated rings. The fourth-order valence-corrected chi connectivity index (χ4v) is 4.42. The lowest BCUT2D eigenvalue weighted by Gasteiger charge is -2.34. The lowest BCUT2D eigenvalue weighted by Crippen LogP contribution is -2.40. The molecule has 1 heterocycles. The molecule has 0 atom stereocenters. The van der Waals surface area contributed by atoms with Gasteiger partial charge in [-0.25, -0.2) is 0 Å². The molecule has 1 aliphatic heterocycles. The Morgan fingerprint density at radius 1 is 1.17 bits per heavy atom. The molecule has 1 aliphatic carbocycles. The standard InChI is InChI=1S/C23H26N2O4/c1-14-6-9-16(12-21(14)29-2)24-22(27)15-7-10-17(11-8-15)25-13-19-18(23(25)28)4-3-5-20(19)26/h3-6,9,12,15,17,26H,7-8,10-11,13H2,1-2H3,(H,24,27). The maximum atomic E-state index is 12.7. The first-order valence-electron chi connectivity index (χ1n) is 10.0. The summed E-state index contributed by atoms with van der Waals surface area (Å²) in [5.41, 5.74) is 3.07. The number of anilines is 1. The van der Waals surface area contributed by atoms with E-state index in [4.69, 9.17) is 4.74 Å². The molecule has 29 heavy (non-hydrogen) atoms. The van der Waals surface area contributed by atoms with Gasteiger partial charge in [0.2, 0.25) is 5.91 Å². The summed E-state index contributed by atoms with van der Waals surface area (Å²) in [4.78, 5) is 27.3. The van der Waals surface area contributed by atoms with Crippen LogP contribution in [0.4, 0.5) is 5.69 Å². The maximum Gasteiger partial charge on any atom is 0.254 e. The van der Waals surface area contributed by atoms with E-state index in [1.54, 1.807) is 25.3 Å². The molecule has 1 saturated carbocycles. The summed E-state index contributed by atoms with van der Waals surface area (Å²) >= 11 is 0. The van der Waals surface area contributed by atoms with Crippen molar-refractivity contribution >= 4 is 17.5 Å². The second kappa shape index (κ2) is 7.78. The van der Waals surface area contributed by atoms with Crippen LogP contribution < -0.4 is 10.1 Å². The van der Waals surface area contributed by atoms with E-state index in [2.05, 4.69) is 5.32 Å². The number of ether oxygens (including phenoxy) is 1. The van der Waals surface area contributed by atoms with Crippen molar-refractivity contribution in [3.63, 3.8) is 0 Å². The van der Waals surface area contributed by atoms with Crippen LogP contribution >= 0.6 is 0 Å². The molecule has 0 aromatic heterocycles. The number of amides is 2. The van der Waals surface area contributed by atoms with Gasteiger partial charge in [-0.1, -0.05) is 12.1 Å². The molecule has 6 heteroatoms. The van der Waals surface area contributed by atoms with E-state index in [1.807, 2.05) is 30.0 Å². The molecule has 0 radical (unpaired) electrons. The Morgan fingerprint density at radius 3 is 2.62 bits per heavy atom. The normalized spacial score (nSPS) is 21.0. The van der Waals surface area contributed by atoms with E-state index >= 15 is 0 Å². The van der Waals surface area contributed by atoms with E-state index in [9.17, 15) is 14.7 Å². The quantitative estimate of drug-likeness (QED) is 0.825. The van der Waals surface area contributed by atoms with Crippen molar-refractivity contribution in [2.45, 2.75) is 45.2 Å². The van der Waals surface area contributed by atoms with Gasteiger partial charge in [-0.15, -0.1) is 0 Å². The molecule has 2 aliphatic rings. The number of rotatable bonds is 4. The third-order valence-electron chi connectivity index (χ3n) is 6.15. The van der Waals surface area contributed by atoms with Gasteiger partial charge in [-0.3, -0.25) is 9.59 Å². The highest BCUT2D eigenvalue weighted by Gasteiger charge is 2.37. The van der Waals surface area contributed by atoms with Crippen LogP contribution in [-0.4, -0.2) is 35.0 Å². The molecular weight excluding hydrogens is 368 g/mol. The van der Waals surface area contributed by atoms with Gasteiger partial charge in [0.25, 0.3) is 5.91 Å². The molecule has 2 aromatic rings. The van der Waals surface area contributed by atoms with Gasteiger partial charge in [0.1, 0.15) is 11.5 Å². The SMILES string of the molecule is COc1cc(NC(=O)C2CCC(N3Cc4c(O)cccc4C3=O)CC2)ccc1C. The molecule has 4 rings (SSSR count). The largest absolute Gasteiger partial charge is 0.508 e. The zero-order valence-corrected chi connectivity index (χ0v) is 16.8. The van der Waals surface area contributed by atoms with Crippen LogP contribution in [0.5, 0.6) is 11.5 Å². The van der Waals surface area contributed by atoms with Crippen molar-refractivity contribution in [2.24, 2.45) is 5.92 Å². The molecule has 152 valence electrons. The van der Waals surface area contributed by atoms with Crippen LogP contribution in [0.2, 0.25) is 0 Å². The number of phenolic OH excluding ortho intramolecular Hbond substituents is 1. The molecule has 2 N–H and O–H groups in total. The number of nitrogens with one attached hydrogen (secondary N) is 1. The van der Waals surface area contributed by atoms with E-state index < -0.39 is 0 Å². The summed E-state index contributed by atoms with van der Waals surface area (Å²) in [7, 11) is 1.62. The molecule has 0 spiro atoms. The summed E-state index contributed by atoms with van der Waals surface area (Å²) < 4.78 is 5.32. The number of hydrogen-bond acceptors (Lipinski definition) is 4. The molecule has 0 saturated heterocycles. The van der Waals surface area contributed by atoms with E-state index in [1.165, 1.54) is 0 Å². The Labute approximate surface area is 170 Å². The predicted octanol–water partition coefficient (Wildman–Crippen LogP) is 3.86. The first-order chi connectivity index (χ1) is 14.0. The zero-order valence-electron chi connectivity index (χ0n) is 16.8. The Bertz CT molecular complexity index is 948. The lowest BCUT2D eigenvalue weighted by molar-refractivity contribution is -0.121. The van der Waals surface area contributed by atoms with Gasteiger partial charge in [0.15, 0.2) is 0 Å². The van der Waals surface area contributed by atoms with Crippen LogP contribution in [0.1, 0.15) is 47.2 Å². The molecule has 2 amide bonds. The van der Waals surface area contributed by atoms with Gasteiger partial charge in [-0.05, 0) is 56.4 Å². The third kappa shape index (κ3) is 3.67. The Hall–Kier alpha value is -3.02. The van der Waals surface area contributed by atoms with Gasteiger partial charge in [-0.2, -0.15) is 0 Å². The van der Waals surface area contributed by atoms with Crippen LogP contribution in [0, 0.1) is 12.8 Å². The fourth-order valence-electron chi connectivity index (χ4n) is 4.42. The highest BCUT2D eigenvalue weighted by Crippen LogP contribution is 2.36. The monoisotopic (exact) mass is 394 g/mol. The minimum Gasteiger partial charge on any atom is -0.508 e. The molecule has 2 aromatic carbocycles. The van der Waals surface area contributed by atoms with Gasteiger partial charge >= 0.3 is 0 Å². The summed E-state index contributed by atoms with van der Waals surface area (Å²) in [6.07, 6.45) is 3.06. The van der Waals surface area contributed by atoms with Crippen molar-refractivity contribution in [1.29, 1.82) is 0 Å². The van der Waals surface area contributed by atoms with E-state index in [0.29, 0.717) is 17.7 Å². The topological polar surface area (TPSA) is 78.9 Å². The molecule has 0 unspecified atom stereocenters. The summed E-state index contributed by atoms with van der Waals surface area (Å²) in [6, 6.07) is 10.9. The number of benzene rings is 2. The van der Waals surface area contributed by atoms with Crippen LogP contribution in [0.15, 0.2) is 36.4 Å². The number of carbonyl (C=O) groups excluding carboxylic acids is 2. The van der Waals surface area contributed by atoms with E-state index in [0.717, 1.165) is 42.7 Å². The van der Waals surface area contributed by atoms with Crippen molar-refractivity contribution in [1.82, 2.24) is 4.90 Å². The fraction of sp³-hybridized carbons (Fsp3) is 0.391. The number of methoxy groups -OCH3 is 1. The molecule has 6 nitrogen and oxygen atoms in total. The average Bonchev–Trinajstić information content (AvgIpc) is 3.07. The number of aryl methyl sites for hydroxylation is 1. The Kier molecular flexibility index (Phi) is 5.18. The first-order valence-corrected chi connectivity index (χ1v) is 10.0. The van der Waals surface area contributed by atoms with Gasteiger partial charge < -0.3 is 20.1 Å². The number of carbonyl (C=O) groups is 2. The highest BCUT2D eigenvalue weighted by molar-refractivity contribution is 5.99. The average molecular weight is 394 g/mol. The molecule has 0 bridgehead atoms. The summed E-state index contributed by atoms with van der Waals surface area (Å²) in [6.45, 7) is 2.41. The van der Waals surface area contributed by atoms with Crippen LogP contribution in [-0.2, 0) is 11.3 Å². The smallest absolute Gasteiger partial charge is 0.254 e. The van der Waals surface area contributed by atoms with E-state index in [-0.39, 0.29) is 29.5 Å². The Balaban J connectivity index is 1.36. The number of fused-ring (bicyclic) bond motifs is 1. The zero-order chi connectivity index (χ0) is 20.5. The summed E-state index contributed by atoms with van der Waals surface area (Å²) in [5.74, 6) is 0.868. The molecular formula is C23H26N2O4. The van der Waals surface area contributed by atoms with Gasteiger partial charge in [0.05, 0.1) is 13.7 Å². The third-order valence-corrected chi connectivity index (χ3v) is 6.15. The Morgan fingerprint density at radius 2 is 1.93 bits per heavy atom. The first kappa shape index (κ1) is 19.3. The number of hydrogen-bond donors (Lipinski definition) is 2. The number of nitrogens with zero attached hydrogens (tertiary/aromatic N) is 1. The minimum atomic E-state index is -0.0629. The number of aromatic hydroxyl groups is 1. The van der Waals surface area contributed by atoms with Gasteiger partial charge in [0, 0.05) is 34.8 Å². The second-order valence-corrected chi connectivity index (χ2v) is 7.92. The predicted molar refractivity (Wildman–Crippen MR) is 110 cm³/mol. The highest BCUT2D eigenvalue weighted by atomic mass is 16.5. The minimum absolute atomic E-state index is 0.0167. The second-order valence-electron chi connectivity index (χ2n) is 7.92. The maximum absolute atomic E-state index is 12.7. The van der Waals surface area contributed by atoms with Crippen molar-refractivity contribution in [2.75, 3.05) is 12.4 Å². The number of phenols is 1. The summed E-state index contributed by atoms with van der Waals surface area (Å²) in [5, 5.41) is 13.0. The lowest BCUT2D eigenvalue weighted by atomic mass is 9.84. The van der Waals surface area contributed by atoms with Crippen LogP contribution in [0.25, 0.3) is 0 Å².